The van der Waals surface area contributed by atoms with E-state index in [-0.39, 0.29) is 13.1 Å². The van der Waals surface area contributed by atoms with Crippen molar-refractivity contribution in [3.05, 3.63) is 35.4 Å². The predicted molar refractivity (Wildman–Crippen MR) is 89.9 cm³/mol. The average Bonchev–Trinajstić information content (AvgIpc) is 2.78. The number of benzene rings is 1. The van der Waals surface area contributed by atoms with Crippen LogP contribution in [0.15, 0.2) is 24.3 Å². The lowest BCUT2D eigenvalue weighted by molar-refractivity contribution is -0.134. The minimum absolute atomic E-state index is 0.0542. The lowest BCUT2D eigenvalue weighted by atomic mass is 9.91. The molecule has 1 heterocycles. The fourth-order valence-corrected chi connectivity index (χ4v) is 2.68. The van der Waals surface area contributed by atoms with Crippen molar-refractivity contribution >= 4 is 17.8 Å². The van der Waals surface area contributed by atoms with Crippen LogP contribution in [0, 0.1) is 12.3 Å². The highest BCUT2D eigenvalue weighted by Gasteiger charge is 2.49. The number of urea groups is 1. The molecule has 4 amide bonds. The summed E-state index contributed by atoms with van der Waals surface area (Å²) in [6, 6.07) is 6.99. The molecule has 0 aliphatic carbocycles. The molecule has 0 spiro atoms. The van der Waals surface area contributed by atoms with Crippen molar-refractivity contribution in [2.75, 3.05) is 13.1 Å². The quantitative estimate of drug-likeness (QED) is 0.608. The molecule has 126 valence electrons. The summed E-state index contributed by atoms with van der Waals surface area (Å²) in [4.78, 5) is 37.4. The van der Waals surface area contributed by atoms with E-state index >= 15 is 0 Å². The second-order valence-corrected chi connectivity index (χ2v) is 5.87. The zero-order valence-corrected chi connectivity index (χ0v) is 13.9. The molecule has 0 bridgehead atoms. The Bertz CT molecular complexity index is 690. The third-order valence-electron chi connectivity index (χ3n) is 4.03. The van der Waals surface area contributed by atoms with E-state index in [1.54, 1.807) is 6.92 Å². The fourth-order valence-electron chi connectivity index (χ4n) is 2.68. The van der Waals surface area contributed by atoms with Gasteiger partial charge in [-0.2, -0.15) is 0 Å². The number of aryl methyl sites for hydroxylation is 1. The van der Waals surface area contributed by atoms with Gasteiger partial charge in [0.15, 0.2) is 0 Å². The van der Waals surface area contributed by atoms with Crippen LogP contribution in [-0.4, -0.2) is 35.8 Å². The number of nitrogens with one attached hydrogen (secondary N) is 2. The third kappa shape index (κ3) is 3.40. The standard InChI is InChI=1S/C18H21N3O3/c1-4-6-13-7-9-14(10-8-13)18(3)16(23)21(17(24)20-18)12-15(22)19-11-5-2/h2,7-10H,4,6,11-12H2,1,3H3,(H,19,22)(H,20,24)/t18-/m0/s1. The molecule has 1 aromatic carbocycles. The van der Waals surface area contributed by atoms with E-state index in [4.69, 9.17) is 6.42 Å². The monoisotopic (exact) mass is 327 g/mol. The molecular formula is C18H21N3O3. The van der Waals surface area contributed by atoms with E-state index in [1.165, 1.54) is 5.56 Å². The van der Waals surface area contributed by atoms with Gasteiger partial charge in [0.05, 0.1) is 6.54 Å². The van der Waals surface area contributed by atoms with Gasteiger partial charge in [0.1, 0.15) is 12.1 Å². The second-order valence-electron chi connectivity index (χ2n) is 5.87. The molecule has 0 aromatic heterocycles. The molecule has 0 saturated carbocycles. The molecule has 1 aliphatic heterocycles. The Morgan fingerprint density at radius 2 is 2.00 bits per heavy atom. The summed E-state index contributed by atoms with van der Waals surface area (Å²) in [6.45, 7) is 3.44. The minimum Gasteiger partial charge on any atom is -0.344 e. The summed E-state index contributed by atoms with van der Waals surface area (Å²) >= 11 is 0. The van der Waals surface area contributed by atoms with Crippen LogP contribution in [0.4, 0.5) is 4.79 Å². The maximum absolute atomic E-state index is 12.7. The van der Waals surface area contributed by atoms with Crippen molar-refractivity contribution in [2.45, 2.75) is 32.2 Å². The van der Waals surface area contributed by atoms with Crippen LogP contribution in [0.1, 0.15) is 31.4 Å². The normalized spacial score (nSPS) is 19.8. The molecular weight excluding hydrogens is 306 g/mol. The maximum Gasteiger partial charge on any atom is 0.325 e. The Morgan fingerprint density at radius 1 is 1.33 bits per heavy atom. The number of terminal acetylenes is 1. The van der Waals surface area contributed by atoms with Gasteiger partial charge in [-0.25, -0.2) is 4.79 Å². The zero-order valence-electron chi connectivity index (χ0n) is 13.9. The summed E-state index contributed by atoms with van der Waals surface area (Å²) < 4.78 is 0. The van der Waals surface area contributed by atoms with Crippen LogP contribution < -0.4 is 10.6 Å². The molecule has 2 rings (SSSR count). The van der Waals surface area contributed by atoms with E-state index in [0.29, 0.717) is 5.56 Å². The van der Waals surface area contributed by atoms with E-state index in [2.05, 4.69) is 23.5 Å². The Morgan fingerprint density at radius 3 is 2.58 bits per heavy atom. The summed E-state index contributed by atoms with van der Waals surface area (Å²) in [6.07, 6.45) is 7.06. The first-order valence-corrected chi connectivity index (χ1v) is 7.86. The van der Waals surface area contributed by atoms with Crippen molar-refractivity contribution in [2.24, 2.45) is 0 Å². The first-order valence-electron chi connectivity index (χ1n) is 7.86. The van der Waals surface area contributed by atoms with Gasteiger partial charge in [0, 0.05) is 0 Å². The van der Waals surface area contributed by atoms with Crippen LogP contribution in [-0.2, 0) is 21.5 Å². The largest absolute Gasteiger partial charge is 0.344 e. The van der Waals surface area contributed by atoms with Gasteiger partial charge in [-0.05, 0) is 24.5 Å². The van der Waals surface area contributed by atoms with Gasteiger partial charge in [-0.3, -0.25) is 14.5 Å². The molecule has 24 heavy (non-hydrogen) atoms. The summed E-state index contributed by atoms with van der Waals surface area (Å²) in [7, 11) is 0. The van der Waals surface area contributed by atoms with Crippen molar-refractivity contribution in [3.63, 3.8) is 0 Å². The summed E-state index contributed by atoms with van der Waals surface area (Å²) in [5.41, 5.74) is 0.688. The van der Waals surface area contributed by atoms with Crippen LogP contribution in [0.25, 0.3) is 0 Å². The lowest BCUT2D eigenvalue weighted by Crippen LogP contribution is -2.43. The lowest BCUT2D eigenvalue weighted by Gasteiger charge is -2.22. The van der Waals surface area contributed by atoms with Crippen LogP contribution in [0.3, 0.4) is 0 Å². The SMILES string of the molecule is C#CCNC(=O)CN1C(=O)N[C@@](C)(c2ccc(CCC)cc2)C1=O. The molecule has 6 heteroatoms. The van der Waals surface area contributed by atoms with E-state index in [1.807, 2.05) is 24.3 Å². The molecule has 1 aromatic rings. The van der Waals surface area contributed by atoms with Gasteiger partial charge in [-0.1, -0.05) is 43.5 Å². The van der Waals surface area contributed by atoms with E-state index in [0.717, 1.165) is 17.7 Å². The van der Waals surface area contributed by atoms with Crippen molar-refractivity contribution in [1.82, 2.24) is 15.5 Å². The van der Waals surface area contributed by atoms with E-state index < -0.39 is 23.4 Å². The van der Waals surface area contributed by atoms with Crippen LogP contribution in [0.5, 0.6) is 0 Å². The number of carbonyl (C=O) groups excluding carboxylic acids is 3. The number of nitrogens with zero attached hydrogens (tertiary/aromatic N) is 1. The Labute approximate surface area is 141 Å². The fraction of sp³-hybridized carbons (Fsp3) is 0.389. The number of carbonyl (C=O) groups is 3. The molecule has 6 nitrogen and oxygen atoms in total. The molecule has 2 N–H and O–H groups in total. The van der Waals surface area contributed by atoms with Gasteiger partial charge in [0.25, 0.3) is 5.91 Å². The summed E-state index contributed by atoms with van der Waals surface area (Å²) in [5.74, 6) is 1.34. The molecule has 0 unspecified atom stereocenters. The number of hydrogen-bond acceptors (Lipinski definition) is 3. The van der Waals surface area contributed by atoms with Crippen molar-refractivity contribution < 1.29 is 14.4 Å². The van der Waals surface area contributed by atoms with Gasteiger partial charge in [-0.15, -0.1) is 6.42 Å². The van der Waals surface area contributed by atoms with Crippen molar-refractivity contribution in [1.29, 1.82) is 0 Å². The Hall–Kier alpha value is -2.81. The first kappa shape index (κ1) is 17.5. The summed E-state index contributed by atoms with van der Waals surface area (Å²) in [5, 5.41) is 5.12. The smallest absolute Gasteiger partial charge is 0.325 e. The predicted octanol–water partition coefficient (Wildman–Crippen LogP) is 1.16. The van der Waals surface area contributed by atoms with Gasteiger partial charge in [0.2, 0.25) is 5.91 Å². The number of imide groups is 1. The number of amides is 4. The molecule has 1 fully saturated rings. The highest BCUT2D eigenvalue weighted by atomic mass is 16.2. The highest BCUT2D eigenvalue weighted by molar-refractivity contribution is 6.09. The van der Waals surface area contributed by atoms with Crippen LogP contribution in [0.2, 0.25) is 0 Å². The molecule has 1 aliphatic rings. The Balaban J connectivity index is 2.16. The molecule has 1 atom stereocenters. The minimum atomic E-state index is -1.17. The number of hydrogen-bond donors (Lipinski definition) is 2. The van der Waals surface area contributed by atoms with Crippen molar-refractivity contribution in [3.8, 4) is 12.3 Å². The van der Waals surface area contributed by atoms with Gasteiger partial charge < -0.3 is 10.6 Å². The Kier molecular flexibility index (Phi) is 5.24. The average molecular weight is 327 g/mol. The topological polar surface area (TPSA) is 78.5 Å². The van der Waals surface area contributed by atoms with E-state index in [9.17, 15) is 14.4 Å². The highest BCUT2D eigenvalue weighted by Crippen LogP contribution is 2.29. The van der Waals surface area contributed by atoms with Crippen LogP contribution >= 0.6 is 0 Å². The third-order valence-corrected chi connectivity index (χ3v) is 4.03. The van der Waals surface area contributed by atoms with Gasteiger partial charge >= 0.3 is 6.03 Å². The second kappa shape index (κ2) is 7.18. The molecule has 0 radical (unpaired) electrons. The molecule has 1 saturated heterocycles. The zero-order chi connectivity index (χ0) is 17.7. The maximum atomic E-state index is 12.7. The number of rotatable bonds is 6. The first-order chi connectivity index (χ1) is 11.4.